The van der Waals surface area contributed by atoms with E-state index in [1.165, 1.54) is 0 Å². The minimum absolute atomic E-state index is 0. The number of rotatable bonds is 3. The van der Waals surface area contributed by atoms with E-state index in [4.69, 9.17) is 76.5 Å². The second kappa shape index (κ2) is 36.1. The molecule has 9 rings (SSSR count). The van der Waals surface area contributed by atoms with Crippen molar-refractivity contribution in [2.24, 2.45) is 5.90 Å². The van der Waals surface area contributed by atoms with Gasteiger partial charge in [0.05, 0.1) is 34.1 Å². The number of nitrogens with zero attached hydrogens (tertiary/aromatic N) is 4. The maximum absolute atomic E-state index is 7.57. The third-order valence-electron chi connectivity index (χ3n) is 8.45. The maximum Gasteiger partial charge on any atom is 1.00 e. The van der Waals surface area contributed by atoms with E-state index >= 15 is 0 Å². The van der Waals surface area contributed by atoms with Gasteiger partial charge in [0.25, 0.3) is 0 Å². The minimum Gasteiger partial charge on any atom is -0.870 e. The van der Waals surface area contributed by atoms with Crippen LogP contribution in [0.5, 0.6) is 0 Å². The van der Waals surface area contributed by atoms with Gasteiger partial charge in [0, 0.05) is 62.4 Å². The SMILES string of the molecule is C#C[Si](C)(C)C.C#Cc1[nH]nc2cc(Cl)ccc12.C#Cc1[nH]nc2cc(Cl)ccc12.CCO.C[Si](C)(C)C#Cc1[nH]nc2cc(Cl)ccc12.Clc1ccc2c(I)[nH]nc2c1.NOOSc1ccc(N)c(I)c1.[CH3-].[K+].[OH-]. The Kier molecular flexibility index (Phi) is 34.6. The summed E-state index contributed by atoms with van der Waals surface area (Å²) < 4.78 is 6.49. The van der Waals surface area contributed by atoms with Gasteiger partial charge in [0.15, 0.2) is 0 Å². The summed E-state index contributed by atoms with van der Waals surface area (Å²) in [5.74, 6) is 12.9. The van der Waals surface area contributed by atoms with Crippen LogP contribution in [0.15, 0.2) is 95.9 Å². The monoisotopic (exact) mass is 1390 g/mol. The zero-order valence-electron chi connectivity index (χ0n) is 42.4. The van der Waals surface area contributed by atoms with Gasteiger partial charge in [-0.15, -0.1) is 39.7 Å². The number of nitrogen functional groups attached to an aromatic ring is 1. The molecule has 0 spiro atoms. The van der Waals surface area contributed by atoms with E-state index in [0.29, 0.717) is 26.5 Å². The summed E-state index contributed by atoms with van der Waals surface area (Å²) >= 11 is 28.6. The molecule has 9 aromatic rings. The Hall–Kier alpha value is -3.14. The number of nitrogens with one attached hydrogen (secondary N) is 4. The Morgan fingerprint density at radius 1 is 0.627 bits per heavy atom. The second-order valence-corrected chi connectivity index (χ2v) is 30.7. The molecule has 0 radical (unpaired) electrons. The van der Waals surface area contributed by atoms with Gasteiger partial charge in [0.1, 0.15) is 36.9 Å². The van der Waals surface area contributed by atoms with E-state index in [9.17, 15) is 0 Å². The molecule has 0 fully saturated rings. The number of fused-ring (bicyclic) bond motifs is 4. The van der Waals surface area contributed by atoms with Crippen molar-refractivity contribution in [2.45, 2.75) is 51.1 Å². The number of terminal acetylenes is 3. The molecule has 10 N–H and O–H groups in total. The molecule has 24 heteroatoms. The van der Waals surface area contributed by atoms with E-state index in [2.05, 4.69) is 169 Å². The number of aliphatic hydroxyl groups excluding tert-OH is 1. The first kappa shape index (κ1) is 71.9. The van der Waals surface area contributed by atoms with Crippen LogP contribution in [0.2, 0.25) is 59.4 Å². The average Bonchev–Trinajstić information content (AvgIpc) is 4.14. The fourth-order valence-electron chi connectivity index (χ4n) is 5.09. The molecule has 0 bridgehead atoms. The van der Waals surface area contributed by atoms with E-state index < -0.39 is 16.1 Å². The van der Waals surface area contributed by atoms with Crippen LogP contribution in [0.3, 0.4) is 0 Å². The zero-order chi connectivity index (χ0) is 53.6. The quantitative estimate of drug-likeness (QED) is 0.0128. The molecule has 4 heterocycles. The Balaban J connectivity index is 0.000000872. The normalized spacial score (nSPS) is 9.87. The number of halogens is 6. The fraction of sp³-hybridized carbons (Fsp3) is 0.157. The average molecular weight is 1390 g/mol. The maximum atomic E-state index is 7.57. The van der Waals surface area contributed by atoms with Crippen molar-refractivity contribution in [2.75, 3.05) is 12.3 Å². The summed E-state index contributed by atoms with van der Waals surface area (Å²) in [6, 6.07) is 27.7. The molecule has 75 heavy (non-hydrogen) atoms. The molecule has 0 atom stereocenters. The molecule has 0 saturated heterocycles. The van der Waals surface area contributed by atoms with Gasteiger partial charge in [-0.1, -0.05) is 103 Å². The summed E-state index contributed by atoms with van der Waals surface area (Å²) in [7, 11) is -2.45. The first-order valence-electron chi connectivity index (χ1n) is 21.1. The van der Waals surface area contributed by atoms with Crippen molar-refractivity contribution in [3.63, 3.8) is 0 Å². The van der Waals surface area contributed by atoms with E-state index in [1.807, 2.05) is 60.7 Å². The molecule has 14 nitrogen and oxygen atoms in total. The number of aliphatic hydroxyl groups is 1. The van der Waals surface area contributed by atoms with Gasteiger partial charge in [-0.05, 0) is 143 Å². The molecular weight excluding hydrogens is 1340 g/mol. The van der Waals surface area contributed by atoms with Crippen molar-refractivity contribution in [1.29, 1.82) is 0 Å². The second-order valence-electron chi connectivity index (χ2n) is 16.4. The molecule has 0 aliphatic rings. The zero-order valence-corrected chi connectivity index (χ0v) is 55.7. The van der Waals surface area contributed by atoms with Gasteiger partial charge in [-0.25, -0.2) is 0 Å². The molecule has 0 aliphatic carbocycles. The summed E-state index contributed by atoms with van der Waals surface area (Å²) in [6.45, 7) is 15.0. The number of H-pyrrole nitrogens is 4. The number of anilines is 1. The summed E-state index contributed by atoms with van der Waals surface area (Å²) in [4.78, 5) is 4.83. The topological polar surface area (TPSA) is 235 Å². The molecule has 0 amide bonds. The Labute approximate surface area is 534 Å². The smallest absolute Gasteiger partial charge is 0.870 e. The first-order valence-corrected chi connectivity index (χ1v) is 32.5. The first-order chi connectivity index (χ1) is 34.1. The van der Waals surface area contributed by atoms with Crippen molar-refractivity contribution < 1.29 is 71.3 Å². The Bertz CT molecular complexity index is 3320. The van der Waals surface area contributed by atoms with Gasteiger partial charge in [-0.2, -0.15) is 26.3 Å². The third-order valence-corrected chi connectivity index (χ3v) is 13.5. The predicted octanol–water partition coefficient (Wildman–Crippen LogP) is 11.1. The van der Waals surface area contributed by atoms with Gasteiger partial charge >= 0.3 is 51.4 Å². The van der Waals surface area contributed by atoms with Crippen LogP contribution in [-0.4, -0.2) is 74.1 Å². The van der Waals surface area contributed by atoms with Gasteiger partial charge in [-0.3, -0.25) is 20.4 Å². The number of aromatic nitrogens is 8. The third kappa shape index (κ3) is 25.5. The van der Waals surface area contributed by atoms with Crippen LogP contribution < -0.4 is 63.0 Å². The van der Waals surface area contributed by atoms with Crippen molar-refractivity contribution >= 4 is 169 Å². The number of hydrogen-bond acceptors (Lipinski definition) is 11. The van der Waals surface area contributed by atoms with Crippen molar-refractivity contribution in [3.8, 4) is 48.1 Å². The van der Waals surface area contributed by atoms with Gasteiger partial charge < -0.3 is 23.7 Å². The summed E-state index contributed by atoms with van der Waals surface area (Å²) in [5.41, 5.74) is 18.1. The van der Waals surface area contributed by atoms with Crippen LogP contribution in [-0.2, 0) is 9.32 Å². The molecule has 0 unspecified atom stereocenters. The molecular formula is C51H54Cl4I2KN10O4SSi2-. The largest absolute Gasteiger partial charge is 1.00 e. The minimum atomic E-state index is -1.35. The van der Waals surface area contributed by atoms with E-state index in [-0.39, 0.29) is 70.9 Å². The summed E-state index contributed by atoms with van der Waals surface area (Å²) in [5, 5.41) is 41.9. The van der Waals surface area contributed by atoms with E-state index in [1.54, 1.807) is 37.3 Å². The Morgan fingerprint density at radius 2 is 0.987 bits per heavy atom. The number of hydrogen-bond donors (Lipinski definition) is 7. The molecule has 390 valence electrons. The molecule has 4 aromatic heterocycles. The van der Waals surface area contributed by atoms with Crippen molar-refractivity contribution in [3.05, 3.63) is 143 Å². The van der Waals surface area contributed by atoms with Crippen LogP contribution in [0.4, 0.5) is 5.69 Å². The molecule has 0 aliphatic heterocycles. The number of benzene rings is 5. The van der Waals surface area contributed by atoms with Crippen molar-refractivity contribution in [1.82, 2.24) is 40.8 Å². The van der Waals surface area contributed by atoms with Crippen LogP contribution >= 0.6 is 104 Å². The predicted molar refractivity (Wildman–Crippen MR) is 332 cm³/mol. The summed E-state index contributed by atoms with van der Waals surface area (Å²) in [6.07, 6.45) is 15.6. The van der Waals surface area contributed by atoms with Crippen LogP contribution in [0, 0.1) is 62.8 Å². The molecule has 0 saturated carbocycles. The van der Waals surface area contributed by atoms with Crippen LogP contribution in [0.1, 0.15) is 24.0 Å². The van der Waals surface area contributed by atoms with Crippen LogP contribution in [0.25, 0.3) is 43.6 Å². The molecule has 5 aromatic carbocycles. The standard InChI is InChI=1S/C12H13ClN2Si.2C9H5ClN2.C7H4ClIN2.C6H7IN2O2S.C5H10Si.C2H6O.CH3.K.H2O/c1-16(2,3)7-6-11-10-5-4-9(13)8-12(10)15-14-11;2*1-2-8-7-4-3-6(10)5-9(7)12-11-8;8-4-1-2-5-6(3-4)10-11-7(5)9;7-5-3-4(12-11-10-9)1-2-6(5)8;1-5-6(2,3)4;1-2-3;;;/h4-5,8H,1-3H3,(H,14,15);2*1,3-5H,(H,11,12);1-3H,(H,10,11);1-3H,8-9H2;1H,2-4H3;3H,2H2,1H3;1H3;;1H2/q;;;;;;;-1;+1;/p-1. The van der Waals surface area contributed by atoms with Gasteiger partial charge in [0.2, 0.25) is 0 Å². The fourth-order valence-corrected chi connectivity index (χ4v) is 7.97. The number of nitrogens with two attached hydrogens (primary N) is 2. The number of aromatic amines is 4. The Morgan fingerprint density at radius 3 is 1.35 bits per heavy atom. The van der Waals surface area contributed by atoms with E-state index in [0.717, 1.165) is 84.2 Å².